The second-order valence-corrected chi connectivity index (χ2v) is 11.0. The molecule has 2 amide bonds. The summed E-state index contributed by atoms with van der Waals surface area (Å²) < 4.78 is 14.2. The van der Waals surface area contributed by atoms with E-state index in [1.165, 1.54) is 23.9 Å². The molecule has 7 heteroatoms. The van der Waals surface area contributed by atoms with Gasteiger partial charge >= 0.3 is 0 Å². The molecule has 1 N–H and O–H groups in total. The fourth-order valence-corrected chi connectivity index (χ4v) is 4.82. The molecule has 0 aliphatic heterocycles. The minimum Gasteiger partial charge on any atom is -0.354 e. The molecule has 3 aromatic rings. The number of carbonyl (C=O) groups excluding carboxylic acids is 2. The van der Waals surface area contributed by atoms with Crippen LogP contribution in [-0.2, 0) is 28.3 Å². The van der Waals surface area contributed by atoms with E-state index in [1.807, 2.05) is 68.4 Å². The first-order valence-electron chi connectivity index (χ1n) is 12.0. The van der Waals surface area contributed by atoms with E-state index in [9.17, 15) is 14.0 Å². The number of nitrogens with zero attached hydrogens (tertiary/aromatic N) is 1. The molecule has 4 nitrogen and oxygen atoms in total. The van der Waals surface area contributed by atoms with E-state index in [4.69, 9.17) is 0 Å². The van der Waals surface area contributed by atoms with Gasteiger partial charge in [-0.25, -0.2) is 4.39 Å². The lowest BCUT2D eigenvalue weighted by Crippen LogP contribution is -2.51. The van der Waals surface area contributed by atoms with Crippen molar-refractivity contribution in [3.05, 3.63) is 106 Å². The predicted octanol–water partition coefficient (Wildman–Crippen LogP) is 6.23. The van der Waals surface area contributed by atoms with E-state index in [1.54, 1.807) is 17.0 Å². The maximum absolute atomic E-state index is 13.6. The van der Waals surface area contributed by atoms with E-state index < -0.39 is 6.04 Å². The Labute approximate surface area is 225 Å². The zero-order valence-corrected chi connectivity index (χ0v) is 23.0. The Hall–Kier alpha value is -2.64. The fraction of sp³-hybridized carbons (Fsp3) is 0.310. The Bertz CT molecular complexity index is 1110. The molecule has 3 aromatic carbocycles. The van der Waals surface area contributed by atoms with Gasteiger partial charge in [-0.1, -0.05) is 84.4 Å². The standard InChI is InChI=1S/C29H32BrFN2O2S/c1-21(2)17-32-29(35)27(16-22-6-4-3-5-7-22)33(18-23-8-12-25(30)13-9-23)28(34)20-36-19-24-10-14-26(31)15-11-24/h3-15,21,27H,16-20H2,1-2H3,(H,32,35)/t27-/m1/s1. The smallest absolute Gasteiger partial charge is 0.243 e. The van der Waals surface area contributed by atoms with E-state index in [0.717, 1.165) is 21.2 Å². The monoisotopic (exact) mass is 570 g/mol. The van der Waals surface area contributed by atoms with Crippen molar-refractivity contribution in [1.82, 2.24) is 10.2 Å². The molecule has 0 radical (unpaired) electrons. The summed E-state index contributed by atoms with van der Waals surface area (Å²) >= 11 is 4.92. The van der Waals surface area contributed by atoms with E-state index in [-0.39, 0.29) is 23.4 Å². The normalized spacial score (nSPS) is 11.8. The Morgan fingerprint density at radius 1 is 0.917 bits per heavy atom. The van der Waals surface area contributed by atoms with Crippen LogP contribution in [0.25, 0.3) is 0 Å². The third-order valence-electron chi connectivity index (χ3n) is 5.63. The summed E-state index contributed by atoms with van der Waals surface area (Å²) in [4.78, 5) is 28.7. The van der Waals surface area contributed by atoms with Crippen LogP contribution in [0.4, 0.5) is 4.39 Å². The first-order chi connectivity index (χ1) is 17.3. The quantitative estimate of drug-likeness (QED) is 0.280. The van der Waals surface area contributed by atoms with Crippen molar-refractivity contribution in [2.75, 3.05) is 12.3 Å². The van der Waals surface area contributed by atoms with Gasteiger partial charge in [0.15, 0.2) is 0 Å². The first-order valence-corrected chi connectivity index (χ1v) is 13.9. The summed E-state index contributed by atoms with van der Waals surface area (Å²) in [5.74, 6) is 0.564. The van der Waals surface area contributed by atoms with Gasteiger partial charge in [0.1, 0.15) is 11.9 Å². The summed E-state index contributed by atoms with van der Waals surface area (Å²) in [5, 5.41) is 3.04. The van der Waals surface area contributed by atoms with Gasteiger partial charge in [0.05, 0.1) is 5.75 Å². The van der Waals surface area contributed by atoms with Crippen molar-refractivity contribution in [3.8, 4) is 0 Å². The van der Waals surface area contributed by atoms with Crippen molar-refractivity contribution in [1.29, 1.82) is 0 Å². The third-order valence-corrected chi connectivity index (χ3v) is 7.15. The van der Waals surface area contributed by atoms with Crippen molar-refractivity contribution in [3.63, 3.8) is 0 Å². The average molecular weight is 572 g/mol. The number of carbonyl (C=O) groups is 2. The summed E-state index contributed by atoms with van der Waals surface area (Å²) in [6.07, 6.45) is 0.426. The van der Waals surface area contributed by atoms with Crippen LogP contribution in [-0.4, -0.2) is 35.1 Å². The first kappa shape index (κ1) is 27.9. The van der Waals surface area contributed by atoms with Crippen molar-refractivity contribution < 1.29 is 14.0 Å². The molecule has 0 aliphatic carbocycles. The van der Waals surface area contributed by atoms with Crippen molar-refractivity contribution in [2.24, 2.45) is 5.92 Å². The van der Waals surface area contributed by atoms with Gasteiger partial charge in [-0.3, -0.25) is 9.59 Å². The van der Waals surface area contributed by atoms with Gasteiger partial charge in [-0.2, -0.15) is 0 Å². The van der Waals surface area contributed by atoms with Crippen molar-refractivity contribution in [2.45, 2.75) is 38.6 Å². The molecular weight excluding hydrogens is 539 g/mol. The highest BCUT2D eigenvalue weighted by atomic mass is 79.9. The van der Waals surface area contributed by atoms with Crippen LogP contribution in [0.2, 0.25) is 0 Å². The summed E-state index contributed by atoms with van der Waals surface area (Å²) in [6, 6.07) is 23.2. The maximum atomic E-state index is 13.6. The van der Waals surface area contributed by atoms with E-state index in [2.05, 4.69) is 21.2 Å². The van der Waals surface area contributed by atoms with Crippen LogP contribution in [0.3, 0.4) is 0 Å². The molecular formula is C29H32BrFN2O2S. The second kappa shape index (κ2) is 14.2. The lowest BCUT2D eigenvalue weighted by atomic mass is 10.0. The number of hydrogen-bond donors (Lipinski definition) is 1. The van der Waals surface area contributed by atoms with E-state index >= 15 is 0 Å². The van der Waals surface area contributed by atoms with Gasteiger partial charge in [0.25, 0.3) is 0 Å². The molecule has 0 saturated heterocycles. The van der Waals surface area contributed by atoms with Crippen LogP contribution in [0.15, 0.2) is 83.3 Å². The molecule has 0 unspecified atom stereocenters. The molecule has 0 bridgehead atoms. The Morgan fingerprint density at radius 3 is 2.19 bits per heavy atom. The van der Waals surface area contributed by atoms with Crippen LogP contribution >= 0.6 is 27.7 Å². The summed E-state index contributed by atoms with van der Waals surface area (Å²) in [7, 11) is 0. The number of amides is 2. The minimum atomic E-state index is -0.645. The minimum absolute atomic E-state index is 0.106. The highest BCUT2D eigenvalue weighted by Crippen LogP contribution is 2.20. The van der Waals surface area contributed by atoms with Crippen molar-refractivity contribution >= 4 is 39.5 Å². The fourth-order valence-electron chi connectivity index (χ4n) is 3.68. The van der Waals surface area contributed by atoms with E-state index in [0.29, 0.717) is 31.2 Å². The molecule has 190 valence electrons. The Morgan fingerprint density at radius 2 is 1.56 bits per heavy atom. The van der Waals surface area contributed by atoms with Gasteiger partial charge in [0, 0.05) is 29.7 Å². The lowest BCUT2D eigenvalue weighted by molar-refractivity contribution is -0.139. The molecule has 0 aromatic heterocycles. The Balaban J connectivity index is 1.82. The van der Waals surface area contributed by atoms with Gasteiger partial charge in [0.2, 0.25) is 11.8 Å². The zero-order valence-electron chi connectivity index (χ0n) is 20.6. The Kier molecular flexibility index (Phi) is 11.0. The molecule has 0 heterocycles. The lowest BCUT2D eigenvalue weighted by Gasteiger charge is -2.32. The van der Waals surface area contributed by atoms with Gasteiger partial charge < -0.3 is 10.2 Å². The molecule has 0 spiro atoms. The molecule has 0 aliphatic rings. The highest BCUT2D eigenvalue weighted by Gasteiger charge is 2.30. The van der Waals surface area contributed by atoms with Crippen LogP contribution in [0, 0.1) is 11.7 Å². The topological polar surface area (TPSA) is 49.4 Å². The summed E-state index contributed by atoms with van der Waals surface area (Å²) in [6.45, 7) is 4.96. The number of benzene rings is 3. The van der Waals surface area contributed by atoms with Crippen LogP contribution < -0.4 is 5.32 Å². The molecule has 3 rings (SSSR count). The summed E-state index contributed by atoms with van der Waals surface area (Å²) in [5.41, 5.74) is 2.89. The maximum Gasteiger partial charge on any atom is 0.243 e. The van der Waals surface area contributed by atoms with Crippen LogP contribution in [0.1, 0.15) is 30.5 Å². The van der Waals surface area contributed by atoms with Gasteiger partial charge in [-0.05, 0) is 46.9 Å². The number of nitrogens with one attached hydrogen (secondary N) is 1. The predicted molar refractivity (Wildman–Crippen MR) is 149 cm³/mol. The zero-order chi connectivity index (χ0) is 25.9. The number of rotatable bonds is 12. The van der Waals surface area contributed by atoms with Gasteiger partial charge in [-0.15, -0.1) is 11.8 Å². The highest BCUT2D eigenvalue weighted by molar-refractivity contribution is 9.10. The molecule has 0 saturated carbocycles. The SMILES string of the molecule is CC(C)CNC(=O)[C@@H](Cc1ccccc1)N(Cc1ccc(Br)cc1)C(=O)CSCc1ccc(F)cc1. The third kappa shape index (κ3) is 9.10. The average Bonchev–Trinajstić information content (AvgIpc) is 2.87. The second-order valence-electron chi connectivity index (χ2n) is 9.11. The number of halogens is 2. The van der Waals surface area contributed by atoms with Crippen LogP contribution in [0.5, 0.6) is 0 Å². The molecule has 36 heavy (non-hydrogen) atoms. The molecule has 1 atom stereocenters. The largest absolute Gasteiger partial charge is 0.354 e. The number of hydrogen-bond acceptors (Lipinski definition) is 3. The molecule has 0 fully saturated rings. The number of thioether (sulfide) groups is 1.